The predicted octanol–water partition coefficient (Wildman–Crippen LogP) is 3.52. The fourth-order valence-electron chi connectivity index (χ4n) is 10.3. The molecule has 5 rings (SSSR count). The van der Waals surface area contributed by atoms with Crippen LogP contribution in [0.2, 0.25) is 0 Å². The summed E-state index contributed by atoms with van der Waals surface area (Å²) in [6.45, 7) is 27.1. The molecule has 3 aliphatic heterocycles. The van der Waals surface area contributed by atoms with E-state index in [9.17, 15) is 49.2 Å². The number of likely N-dealkylation sites (tertiary alicyclic amines) is 1. The molecule has 5 aliphatic rings. The lowest BCUT2D eigenvalue weighted by Crippen LogP contribution is -2.71. The largest absolute Gasteiger partial charge is 0.491 e. The Morgan fingerprint density at radius 3 is 1.77 bits per heavy atom. The molecule has 0 bridgehead atoms. The molecule has 2 saturated carbocycles. The molecule has 12 atom stereocenters. The van der Waals surface area contributed by atoms with Crippen molar-refractivity contribution in [3.63, 3.8) is 0 Å². The van der Waals surface area contributed by atoms with Crippen molar-refractivity contribution in [2.75, 3.05) is 39.8 Å². The first-order valence-corrected chi connectivity index (χ1v) is 27.4. The molecular weight excluding hydrogens is 1030 g/mol. The van der Waals surface area contributed by atoms with E-state index in [0.717, 1.165) is 4.90 Å². The van der Waals surface area contributed by atoms with E-state index in [1.165, 1.54) is 18.9 Å². The number of hydrogen-bond acceptors (Lipinski definition) is 19. The maximum atomic E-state index is 14.3. The van der Waals surface area contributed by atoms with Crippen LogP contribution in [0.3, 0.4) is 0 Å². The first kappa shape index (κ1) is 64.9. The molecule has 0 aromatic heterocycles. The maximum absolute atomic E-state index is 14.3. The summed E-state index contributed by atoms with van der Waals surface area (Å²) >= 11 is 0. The molecule has 0 radical (unpaired) electrons. The van der Waals surface area contributed by atoms with Crippen LogP contribution in [0.25, 0.3) is 0 Å². The zero-order valence-electron chi connectivity index (χ0n) is 49.4. The molecule has 25 nitrogen and oxygen atoms in total. The van der Waals surface area contributed by atoms with Gasteiger partial charge in [-0.1, -0.05) is 0 Å². The predicted molar refractivity (Wildman–Crippen MR) is 285 cm³/mol. The number of alkyl carbamates (subject to hydrolysis) is 3. The molecule has 2 unspecified atom stereocenters. The van der Waals surface area contributed by atoms with Crippen LogP contribution in [0, 0.1) is 17.8 Å². The molecule has 0 aromatic rings. The number of amides is 6. The Bertz CT molecular complexity index is 2170. The Morgan fingerprint density at radius 1 is 0.722 bits per heavy atom. The van der Waals surface area contributed by atoms with Gasteiger partial charge in [0, 0.05) is 44.1 Å². The highest BCUT2D eigenvalue weighted by atomic mass is 16.7. The van der Waals surface area contributed by atoms with E-state index in [1.54, 1.807) is 110 Å². The summed E-state index contributed by atoms with van der Waals surface area (Å²) < 4.78 is 47.2. The van der Waals surface area contributed by atoms with Gasteiger partial charge in [-0.2, -0.15) is 0 Å². The average Bonchev–Trinajstić information content (AvgIpc) is 3.21. The standard InChI is InChI=1S/C54H93N7O18/c1-49(2,3)75-44(66)56-30-20-28(21-30)23-55-24-31-18-19-32(58-45(67)76-50(4,5)6)39(73-31)35-33(59-46(68)77-51(7,8)9)22-34(57-42(65)36(62)29-25-61(26-29)48(70)79-53(13,14)15)40(37(35)63)74-43-38(64)41(54(16,71)27-72-43)60(17)47(69)78-52(10,11)12/h18,28-30,32-41,43,55,62-64,71H,19-27H2,1-17H3,(H,56,66)(H,57,65)(H,58,67)(H,59,68)/t28?,30?,32-,33+,34-,35?,36?,37+,38-,39+,40+,41-,43-,54+/m1/s1. The van der Waals surface area contributed by atoms with E-state index in [0.29, 0.717) is 25.1 Å². The zero-order chi connectivity index (χ0) is 59.5. The van der Waals surface area contributed by atoms with Crippen molar-refractivity contribution in [1.29, 1.82) is 0 Å². The van der Waals surface area contributed by atoms with E-state index < -0.39 is 149 Å². The second-order valence-corrected chi connectivity index (χ2v) is 27.0. The highest BCUT2D eigenvalue weighted by Crippen LogP contribution is 2.39. The summed E-state index contributed by atoms with van der Waals surface area (Å²) in [5, 5.41) is 63.2. The molecule has 4 fully saturated rings. The van der Waals surface area contributed by atoms with Crippen molar-refractivity contribution in [2.45, 2.75) is 237 Å². The number of ether oxygens (including phenoxy) is 8. The molecule has 3 heterocycles. The second-order valence-electron chi connectivity index (χ2n) is 27.0. The summed E-state index contributed by atoms with van der Waals surface area (Å²) in [7, 11) is 1.33. The third-order valence-corrected chi connectivity index (χ3v) is 13.6. The lowest BCUT2D eigenvalue weighted by molar-refractivity contribution is -0.306. The number of hydrogen-bond donors (Lipinski definition) is 9. The molecule has 2 saturated heterocycles. The molecule has 2 aliphatic carbocycles. The van der Waals surface area contributed by atoms with Crippen LogP contribution in [0.1, 0.15) is 136 Å². The molecule has 79 heavy (non-hydrogen) atoms. The number of nitrogens with one attached hydrogen (secondary N) is 5. The Balaban J connectivity index is 1.50. The minimum Gasteiger partial charge on any atom is -0.491 e. The fourth-order valence-corrected chi connectivity index (χ4v) is 10.3. The highest BCUT2D eigenvalue weighted by molar-refractivity contribution is 5.82. The quantitative estimate of drug-likeness (QED) is 0.112. The van der Waals surface area contributed by atoms with Crippen molar-refractivity contribution in [1.82, 2.24) is 36.4 Å². The minimum absolute atomic E-state index is 0.0154. The normalized spacial score (nSPS) is 31.1. The highest BCUT2D eigenvalue weighted by Gasteiger charge is 2.57. The van der Waals surface area contributed by atoms with Crippen molar-refractivity contribution in [3.05, 3.63) is 11.8 Å². The number of carbonyl (C=O) groups is 6. The Labute approximate surface area is 465 Å². The van der Waals surface area contributed by atoms with Gasteiger partial charge in [-0.25, -0.2) is 24.0 Å². The lowest BCUT2D eigenvalue weighted by Gasteiger charge is -2.52. The van der Waals surface area contributed by atoms with Crippen molar-refractivity contribution in [2.24, 2.45) is 17.8 Å². The van der Waals surface area contributed by atoms with Crippen LogP contribution in [-0.2, 0) is 42.7 Å². The summed E-state index contributed by atoms with van der Waals surface area (Å²) in [6, 6.07) is -4.89. The number of nitrogens with zero attached hydrogens (tertiary/aromatic N) is 2. The first-order chi connectivity index (χ1) is 36.1. The molecular formula is C54H93N7O18. The van der Waals surface area contributed by atoms with Crippen LogP contribution in [0.15, 0.2) is 11.8 Å². The van der Waals surface area contributed by atoms with E-state index >= 15 is 0 Å². The van der Waals surface area contributed by atoms with Gasteiger partial charge in [0.05, 0.1) is 37.4 Å². The lowest BCUT2D eigenvalue weighted by atomic mass is 9.72. The van der Waals surface area contributed by atoms with Gasteiger partial charge in [0.15, 0.2) is 6.29 Å². The Morgan fingerprint density at radius 2 is 1.24 bits per heavy atom. The van der Waals surface area contributed by atoms with E-state index in [4.69, 9.17) is 37.9 Å². The topological polar surface area (TPSA) is 324 Å². The van der Waals surface area contributed by atoms with Crippen molar-refractivity contribution in [3.8, 4) is 0 Å². The number of carbonyl (C=O) groups excluding carboxylic acids is 6. The average molecular weight is 1130 g/mol. The number of aliphatic hydroxyl groups is 4. The van der Waals surface area contributed by atoms with Crippen LogP contribution in [-0.4, -0.2) is 207 Å². The van der Waals surface area contributed by atoms with Crippen LogP contribution < -0.4 is 26.6 Å². The van der Waals surface area contributed by atoms with Gasteiger partial charge in [0.2, 0.25) is 5.91 Å². The Hall–Kier alpha value is -4.92. The monoisotopic (exact) mass is 1130 g/mol. The zero-order valence-corrected chi connectivity index (χ0v) is 49.4. The van der Waals surface area contributed by atoms with Gasteiger partial charge in [-0.3, -0.25) is 4.79 Å². The van der Waals surface area contributed by atoms with Gasteiger partial charge < -0.3 is 94.7 Å². The molecule has 9 N–H and O–H groups in total. The molecule has 6 amide bonds. The van der Waals surface area contributed by atoms with Crippen LogP contribution >= 0.6 is 0 Å². The second kappa shape index (κ2) is 25.1. The van der Waals surface area contributed by atoms with Crippen LogP contribution in [0.5, 0.6) is 0 Å². The summed E-state index contributed by atoms with van der Waals surface area (Å²) in [6.07, 6.45) is -10.4. The number of likely N-dealkylation sites (N-methyl/N-ethyl adjacent to an activating group) is 1. The third kappa shape index (κ3) is 19.1. The van der Waals surface area contributed by atoms with E-state index in [-0.39, 0.29) is 44.4 Å². The fraction of sp³-hybridized carbons (Fsp3) is 0.852. The van der Waals surface area contributed by atoms with Gasteiger partial charge in [0.1, 0.15) is 63.8 Å². The van der Waals surface area contributed by atoms with Gasteiger partial charge in [0.25, 0.3) is 0 Å². The van der Waals surface area contributed by atoms with E-state index in [1.807, 2.05) is 0 Å². The summed E-state index contributed by atoms with van der Waals surface area (Å²) in [5.41, 5.74) is -6.18. The van der Waals surface area contributed by atoms with E-state index in [2.05, 4.69) is 26.6 Å². The Kier molecular flexibility index (Phi) is 20.6. The summed E-state index contributed by atoms with van der Waals surface area (Å²) in [4.78, 5) is 82.8. The first-order valence-electron chi connectivity index (χ1n) is 27.4. The molecule has 0 aromatic carbocycles. The minimum atomic E-state index is -1.88. The van der Waals surface area contributed by atoms with Gasteiger partial charge >= 0.3 is 30.5 Å². The van der Waals surface area contributed by atoms with Crippen molar-refractivity contribution >= 4 is 36.4 Å². The van der Waals surface area contributed by atoms with Crippen molar-refractivity contribution < 1.29 is 87.1 Å². The van der Waals surface area contributed by atoms with Gasteiger partial charge in [-0.15, -0.1) is 0 Å². The summed E-state index contributed by atoms with van der Waals surface area (Å²) in [5.74, 6) is -2.25. The molecule has 0 spiro atoms. The van der Waals surface area contributed by atoms with Crippen LogP contribution in [0.4, 0.5) is 24.0 Å². The molecule has 25 heteroatoms. The smallest absolute Gasteiger partial charge is 0.410 e. The maximum Gasteiger partial charge on any atom is 0.410 e. The number of aliphatic hydroxyl groups excluding tert-OH is 3. The SMILES string of the molecule is CN(C(=O)OC(C)(C)C)[C@@H]1[C@@H](O)[C@@H](O[C@H]2[C@H](NC(=O)C(O)C3CN(C(=O)OC(C)(C)C)C3)C[C@H](NC(=O)OC(C)(C)C)C([C@H]3OC(CNCC4CC(NC(=O)OC(C)(C)C)C4)=CC[C@H]3NC(=O)OC(C)(C)C)[C@@H]2O)OC[C@]1(C)O. The van der Waals surface area contributed by atoms with Gasteiger partial charge in [-0.05, 0) is 155 Å². The molecule has 452 valence electrons. The number of rotatable bonds is 14. The third-order valence-electron chi connectivity index (χ3n) is 13.6.